The molecule has 106 valence electrons. The molecule has 0 aliphatic heterocycles. The van der Waals surface area contributed by atoms with Crippen molar-refractivity contribution in [3.05, 3.63) is 57.8 Å². The van der Waals surface area contributed by atoms with Gasteiger partial charge < -0.3 is 5.11 Å². The molecule has 0 saturated carbocycles. The van der Waals surface area contributed by atoms with Gasteiger partial charge >= 0.3 is 0 Å². The number of aliphatic hydroxyl groups is 1. The number of halogens is 1. The van der Waals surface area contributed by atoms with E-state index in [4.69, 9.17) is 11.6 Å². The van der Waals surface area contributed by atoms with Crippen molar-refractivity contribution in [2.24, 2.45) is 0 Å². The van der Waals surface area contributed by atoms with Gasteiger partial charge in [0.05, 0.1) is 12.3 Å². The first kappa shape index (κ1) is 13.9. The molecule has 0 bridgehead atoms. The maximum absolute atomic E-state index is 9.38. The third kappa shape index (κ3) is 3.02. The Bertz CT molecular complexity index is 750. The number of nitrogens with zero attached hydrogens (tertiary/aromatic N) is 4. The van der Waals surface area contributed by atoms with Crippen LogP contribution in [0.4, 0.5) is 0 Å². The first-order valence-electron chi connectivity index (χ1n) is 6.17. The van der Waals surface area contributed by atoms with Crippen molar-refractivity contribution in [1.82, 2.24) is 20.0 Å². The molecule has 0 fully saturated rings. The van der Waals surface area contributed by atoms with E-state index in [2.05, 4.69) is 15.3 Å². The van der Waals surface area contributed by atoms with E-state index in [0.29, 0.717) is 21.5 Å². The van der Waals surface area contributed by atoms with E-state index in [1.807, 2.05) is 41.8 Å². The number of benzene rings is 1. The monoisotopic (exact) mass is 318 g/mol. The number of thiazole rings is 1. The summed E-state index contributed by atoms with van der Waals surface area (Å²) in [6.45, 7) is -0.175. The van der Waals surface area contributed by atoms with Crippen LogP contribution in [0.3, 0.4) is 0 Å². The van der Waals surface area contributed by atoms with Crippen LogP contribution in [-0.2, 0) is 6.61 Å². The molecule has 3 aromatic rings. The summed E-state index contributed by atoms with van der Waals surface area (Å²) in [5.41, 5.74) is 2.22. The topological polar surface area (TPSA) is 63.8 Å². The average molecular weight is 319 g/mol. The van der Waals surface area contributed by atoms with Crippen LogP contribution in [0.25, 0.3) is 17.3 Å². The molecule has 1 aromatic carbocycles. The number of rotatable bonds is 4. The predicted molar refractivity (Wildman–Crippen MR) is 83.3 cm³/mol. The van der Waals surface area contributed by atoms with Crippen molar-refractivity contribution in [3.63, 3.8) is 0 Å². The first-order chi connectivity index (χ1) is 10.3. The second kappa shape index (κ2) is 6.17. The minimum absolute atomic E-state index is 0.175. The maximum Gasteiger partial charge on any atom is 0.212 e. The maximum atomic E-state index is 9.38. The van der Waals surface area contributed by atoms with Crippen LogP contribution in [0.5, 0.6) is 0 Å². The van der Waals surface area contributed by atoms with Crippen molar-refractivity contribution in [2.45, 2.75) is 6.61 Å². The van der Waals surface area contributed by atoms with Gasteiger partial charge in [-0.05, 0) is 23.8 Å². The van der Waals surface area contributed by atoms with Gasteiger partial charge in [0.1, 0.15) is 5.69 Å². The molecule has 0 aliphatic carbocycles. The largest absolute Gasteiger partial charge is 0.390 e. The van der Waals surface area contributed by atoms with Gasteiger partial charge in [-0.1, -0.05) is 35.0 Å². The quantitative estimate of drug-likeness (QED) is 0.803. The lowest BCUT2D eigenvalue weighted by molar-refractivity contribution is 0.276. The number of aliphatic hydroxyl groups excluding tert-OH is 1. The molecule has 0 aliphatic rings. The van der Waals surface area contributed by atoms with E-state index in [1.165, 1.54) is 11.3 Å². The molecule has 0 saturated heterocycles. The molecule has 0 atom stereocenters. The van der Waals surface area contributed by atoms with Gasteiger partial charge in [0.2, 0.25) is 5.13 Å². The normalized spacial score (nSPS) is 11.3. The van der Waals surface area contributed by atoms with Crippen LogP contribution in [0.1, 0.15) is 17.0 Å². The lowest BCUT2D eigenvalue weighted by Gasteiger charge is -1.99. The molecule has 7 heteroatoms. The van der Waals surface area contributed by atoms with Gasteiger partial charge in [-0.2, -0.15) is 4.68 Å². The third-order valence-electron chi connectivity index (χ3n) is 2.83. The minimum atomic E-state index is -0.175. The summed E-state index contributed by atoms with van der Waals surface area (Å²) >= 11 is 7.32. The van der Waals surface area contributed by atoms with Gasteiger partial charge in [-0.25, -0.2) is 4.98 Å². The van der Waals surface area contributed by atoms with Gasteiger partial charge in [0, 0.05) is 16.6 Å². The third-order valence-corrected chi connectivity index (χ3v) is 3.83. The lowest BCUT2D eigenvalue weighted by atomic mass is 10.2. The van der Waals surface area contributed by atoms with Crippen molar-refractivity contribution in [1.29, 1.82) is 0 Å². The Balaban J connectivity index is 1.97. The molecule has 5 nitrogen and oxygen atoms in total. The summed E-state index contributed by atoms with van der Waals surface area (Å²) in [6.07, 6.45) is 5.47. The highest BCUT2D eigenvalue weighted by atomic mass is 35.5. The molecule has 0 amide bonds. The smallest absolute Gasteiger partial charge is 0.212 e. The van der Waals surface area contributed by atoms with Crippen molar-refractivity contribution in [2.75, 3.05) is 0 Å². The molecular weight excluding hydrogens is 308 g/mol. The minimum Gasteiger partial charge on any atom is -0.390 e. The summed E-state index contributed by atoms with van der Waals surface area (Å²) in [5, 5.41) is 20.7. The van der Waals surface area contributed by atoms with Crippen LogP contribution < -0.4 is 0 Å². The van der Waals surface area contributed by atoms with Crippen LogP contribution in [-0.4, -0.2) is 25.1 Å². The van der Waals surface area contributed by atoms with Crippen molar-refractivity contribution >= 4 is 35.1 Å². The Hall–Kier alpha value is -2.02. The summed E-state index contributed by atoms with van der Waals surface area (Å²) < 4.78 is 1.61. The highest BCUT2D eigenvalue weighted by Crippen LogP contribution is 2.18. The van der Waals surface area contributed by atoms with Crippen LogP contribution >= 0.6 is 22.9 Å². The molecule has 0 radical (unpaired) electrons. The molecule has 1 N–H and O–H groups in total. The molecular formula is C14H11ClN4OS. The van der Waals surface area contributed by atoms with Gasteiger partial charge in [0.25, 0.3) is 0 Å². The van der Waals surface area contributed by atoms with E-state index in [1.54, 1.807) is 10.9 Å². The Labute approximate surface area is 130 Å². The zero-order chi connectivity index (χ0) is 14.7. The van der Waals surface area contributed by atoms with Gasteiger partial charge in [-0.15, -0.1) is 16.4 Å². The van der Waals surface area contributed by atoms with Crippen LogP contribution in [0.15, 0.2) is 35.8 Å². The fraction of sp³-hybridized carbons (Fsp3) is 0.0714. The summed E-state index contributed by atoms with van der Waals surface area (Å²) in [7, 11) is 0. The molecule has 2 aromatic heterocycles. The highest BCUT2D eigenvalue weighted by Gasteiger charge is 2.12. The van der Waals surface area contributed by atoms with E-state index < -0.39 is 0 Å². The second-order valence-corrected chi connectivity index (χ2v) is 5.50. The number of hydrogen-bond acceptors (Lipinski definition) is 5. The number of hydrogen-bond donors (Lipinski definition) is 1. The van der Waals surface area contributed by atoms with Crippen LogP contribution in [0, 0.1) is 0 Å². The van der Waals surface area contributed by atoms with E-state index in [0.717, 1.165) is 5.56 Å². The standard InChI is InChI=1S/C14H11ClN4OS/c15-11-4-1-10(2-5-11)3-6-13-12(9-20)17-18-19(13)14-16-7-8-21-14/h1-8,20H,9H2/b6-3+. The Morgan fingerprint density at radius 3 is 2.71 bits per heavy atom. The molecule has 0 spiro atoms. The fourth-order valence-corrected chi connectivity index (χ4v) is 2.54. The molecule has 21 heavy (non-hydrogen) atoms. The highest BCUT2D eigenvalue weighted by molar-refractivity contribution is 7.12. The molecule has 2 heterocycles. The number of aromatic nitrogens is 4. The predicted octanol–water partition coefficient (Wildman–Crippen LogP) is 3.04. The lowest BCUT2D eigenvalue weighted by Crippen LogP contribution is -1.99. The summed E-state index contributed by atoms with van der Waals surface area (Å²) in [6, 6.07) is 7.47. The summed E-state index contributed by atoms with van der Waals surface area (Å²) in [4.78, 5) is 4.21. The zero-order valence-corrected chi connectivity index (χ0v) is 12.4. The van der Waals surface area contributed by atoms with E-state index >= 15 is 0 Å². The second-order valence-electron chi connectivity index (χ2n) is 4.19. The van der Waals surface area contributed by atoms with Crippen LogP contribution in [0.2, 0.25) is 5.02 Å². The van der Waals surface area contributed by atoms with Gasteiger partial charge in [0.15, 0.2) is 0 Å². The van der Waals surface area contributed by atoms with Gasteiger partial charge in [-0.3, -0.25) is 0 Å². The summed E-state index contributed by atoms with van der Waals surface area (Å²) in [5.74, 6) is 0. The van der Waals surface area contributed by atoms with E-state index in [9.17, 15) is 5.11 Å². The van der Waals surface area contributed by atoms with Crippen molar-refractivity contribution in [3.8, 4) is 5.13 Å². The first-order valence-corrected chi connectivity index (χ1v) is 7.42. The van der Waals surface area contributed by atoms with E-state index in [-0.39, 0.29) is 6.61 Å². The Morgan fingerprint density at radius 1 is 1.24 bits per heavy atom. The average Bonchev–Trinajstić information content (AvgIpc) is 3.15. The Morgan fingerprint density at radius 2 is 2.05 bits per heavy atom. The molecule has 3 rings (SSSR count). The molecule has 0 unspecified atom stereocenters. The Kier molecular flexibility index (Phi) is 4.10. The zero-order valence-electron chi connectivity index (χ0n) is 10.8. The SMILES string of the molecule is OCc1nnn(-c2nccs2)c1/C=C/c1ccc(Cl)cc1. The fourth-order valence-electron chi connectivity index (χ4n) is 1.81. The van der Waals surface area contributed by atoms with Crippen molar-refractivity contribution < 1.29 is 5.11 Å².